The molecule has 0 bridgehead atoms. The Morgan fingerprint density at radius 1 is 1.20 bits per heavy atom. The third-order valence-corrected chi connectivity index (χ3v) is 3.54. The van der Waals surface area contributed by atoms with E-state index in [0.29, 0.717) is 16.7 Å². The molecule has 7 heteroatoms. The number of phenols is 1. The molecule has 2 N–H and O–H groups in total. The zero-order valence-corrected chi connectivity index (χ0v) is 13.7. The van der Waals surface area contributed by atoms with Crippen molar-refractivity contribution in [2.24, 2.45) is 5.10 Å². The highest BCUT2D eigenvalue weighted by atomic mass is 19.4. The molecule has 4 nitrogen and oxygen atoms in total. The number of halogens is 3. The van der Waals surface area contributed by atoms with Crippen molar-refractivity contribution in [3.05, 3.63) is 64.2 Å². The summed E-state index contributed by atoms with van der Waals surface area (Å²) in [6.07, 6.45) is -3.25. The Kier molecular flexibility index (Phi) is 5.46. The Hall–Kier alpha value is -2.83. The molecule has 0 unspecified atom stereocenters. The molecule has 2 aromatic carbocycles. The molecule has 0 saturated heterocycles. The minimum absolute atomic E-state index is 0.200. The number of hydrogen-bond donors (Lipinski definition) is 2. The van der Waals surface area contributed by atoms with E-state index in [-0.39, 0.29) is 17.7 Å². The zero-order valence-electron chi connectivity index (χ0n) is 13.7. The SMILES string of the molecule is Cc1cc(/C=N/NC(=O)Cc2cccc(C(F)(F)F)c2)cc(C)c1O. The van der Waals surface area contributed by atoms with Gasteiger partial charge in [0.1, 0.15) is 5.75 Å². The second kappa shape index (κ2) is 7.38. The van der Waals surface area contributed by atoms with Gasteiger partial charge in [-0.25, -0.2) is 5.43 Å². The molecule has 0 spiro atoms. The molecule has 0 fully saturated rings. The fourth-order valence-electron chi connectivity index (χ4n) is 2.33. The number of nitrogens with one attached hydrogen (secondary N) is 1. The van der Waals surface area contributed by atoms with Crippen LogP contribution in [0.2, 0.25) is 0 Å². The van der Waals surface area contributed by atoms with E-state index in [1.807, 2.05) is 0 Å². The zero-order chi connectivity index (χ0) is 18.6. The highest BCUT2D eigenvalue weighted by Gasteiger charge is 2.30. The molecule has 0 aliphatic rings. The van der Waals surface area contributed by atoms with Crippen molar-refractivity contribution in [2.45, 2.75) is 26.4 Å². The number of rotatable bonds is 4. The Morgan fingerprint density at radius 3 is 2.44 bits per heavy atom. The summed E-state index contributed by atoms with van der Waals surface area (Å²) < 4.78 is 37.9. The maximum absolute atomic E-state index is 12.6. The van der Waals surface area contributed by atoms with Crippen LogP contribution in [0.15, 0.2) is 41.5 Å². The summed E-state index contributed by atoms with van der Waals surface area (Å²) in [6.45, 7) is 3.48. The van der Waals surface area contributed by atoms with Crippen LogP contribution in [0.5, 0.6) is 5.75 Å². The predicted molar refractivity (Wildman–Crippen MR) is 88.5 cm³/mol. The topological polar surface area (TPSA) is 61.7 Å². The Morgan fingerprint density at radius 2 is 1.84 bits per heavy atom. The predicted octanol–water partition coefficient (Wildman–Crippen LogP) is 3.72. The van der Waals surface area contributed by atoms with Crippen LogP contribution in [-0.2, 0) is 17.4 Å². The summed E-state index contributed by atoms with van der Waals surface area (Å²) in [5.74, 6) is -0.325. The minimum Gasteiger partial charge on any atom is -0.507 e. The van der Waals surface area contributed by atoms with Crippen molar-refractivity contribution in [3.8, 4) is 5.75 Å². The molecule has 132 valence electrons. The lowest BCUT2D eigenvalue weighted by Gasteiger charge is -2.08. The molecule has 25 heavy (non-hydrogen) atoms. The highest BCUT2D eigenvalue weighted by molar-refractivity contribution is 5.84. The molecule has 1 amide bonds. The lowest BCUT2D eigenvalue weighted by molar-refractivity contribution is -0.137. The number of hydrazone groups is 1. The lowest BCUT2D eigenvalue weighted by Crippen LogP contribution is -2.20. The van der Waals surface area contributed by atoms with E-state index < -0.39 is 17.6 Å². The summed E-state index contributed by atoms with van der Waals surface area (Å²) in [4.78, 5) is 11.8. The standard InChI is InChI=1S/C18H17F3N2O2/c1-11-6-14(7-12(2)17(11)25)10-22-23-16(24)9-13-4-3-5-15(8-13)18(19,20)21/h3-8,10,25H,9H2,1-2H3,(H,23,24)/b22-10+. The molecule has 2 rings (SSSR count). The molecule has 0 aliphatic carbocycles. The van der Waals surface area contributed by atoms with Crippen LogP contribution in [-0.4, -0.2) is 17.2 Å². The van der Waals surface area contributed by atoms with E-state index in [0.717, 1.165) is 12.1 Å². The summed E-state index contributed by atoms with van der Waals surface area (Å²) in [5.41, 5.74) is 3.77. The second-order valence-corrected chi connectivity index (χ2v) is 5.67. The molecule has 0 radical (unpaired) electrons. The number of hydrogen-bond acceptors (Lipinski definition) is 3. The Balaban J connectivity index is 1.99. The van der Waals surface area contributed by atoms with Gasteiger partial charge in [-0.05, 0) is 54.3 Å². The van der Waals surface area contributed by atoms with Crippen LogP contribution in [0.4, 0.5) is 13.2 Å². The van der Waals surface area contributed by atoms with Crippen molar-refractivity contribution in [1.29, 1.82) is 0 Å². The van der Waals surface area contributed by atoms with Gasteiger partial charge in [0.25, 0.3) is 0 Å². The van der Waals surface area contributed by atoms with E-state index in [9.17, 15) is 23.1 Å². The average molecular weight is 350 g/mol. The molecule has 0 aliphatic heterocycles. The van der Waals surface area contributed by atoms with Crippen LogP contribution >= 0.6 is 0 Å². The normalized spacial score (nSPS) is 11.7. The van der Waals surface area contributed by atoms with Gasteiger partial charge in [-0.1, -0.05) is 18.2 Å². The molecule has 0 saturated carbocycles. The first-order valence-electron chi connectivity index (χ1n) is 7.45. The molecule has 2 aromatic rings. The molecule has 0 aromatic heterocycles. The lowest BCUT2D eigenvalue weighted by atomic mass is 10.1. The second-order valence-electron chi connectivity index (χ2n) is 5.67. The molecular weight excluding hydrogens is 333 g/mol. The minimum atomic E-state index is -4.45. The number of alkyl halides is 3. The van der Waals surface area contributed by atoms with E-state index in [1.165, 1.54) is 18.3 Å². The first-order valence-corrected chi connectivity index (χ1v) is 7.45. The number of amides is 1. The van der Waals surface area contributed by atoms with Gasteiger partial charge >= 0.3 is 6.18 Å². The van der Waals surface area contributed by atoms with Gasteiger partial charge in [-0.2, -0.15) is 18.3 Å². The third-order valence-electron chi connectivity index (χ3n) is 3.54. The van der Waals surface area contributed by atoms with Crippen LogP contribution in [0.3, 0.4) is 0 Å². The van der Waals surface area contributed by atoms with Crippen LogP contribution in [0, 0.1) is 13.8 Å². The average Bonchev–Trinajstić information content (AvgIpc) is 2.52. The van der Waals surface area contributed by atoms with Gasteiger partial charge in [0.15, 0.2) is 0 Å². The van der Waals surface area contributed by atoms with Crippen LogP contribution in [0.1, 0.15) is 27.8 Å². The maximum atomic E-state index is 12.6. The van der Waals surface area contributed by atoms with Crippen molar-refractivity contribution in [3.63, 3.8) is 0 Å². The number of phenolic OH excluding ortho intramolecular Hbond substituents is 1. The number of nitrogens with zero attached hydrogens (tertiary/aromatic N) is 1. The van der Waals surface area contributed by atoms with E-state index in [1.54, 1.807) is 26.0 Å². The summed E-state index contributed by atoms with van der Waals surface area (Å²) in [6, 6.07) is 8.00. The molecule has 0 atom stereocenters. The number of benzene rings is 2. The fraction of sp³-hybridized carbons (Fsp3) is 0.222. The van der Waals surface area contributed by atoms with Gasteiger partial charge in [0, 0.05) is 0 Å². The first kappa shape index (κ1) is 18.5. The molecule has 0 heterocycles. The van der Waals surface area contributed by atoms with E-state index >= 15 is 0 Å². The summed E-state index contributed by atoms with van der Waals surface area (Å²) in [7, 11) is 0. The van der Waals surface area contributed by atoms with Crippen molar-refractivity contribution in [2.75, 3.05) is 0 Å². The smallest absolute Gasteiger partial charge is 0.416 e. The van der Waals surface area contributed by atoms with Crippen molar-refractivity contribution < 1.29 is 23.1 Å². The number of carbonyl (C=O) groups excluding carboxylic acids is 1. The number of aryl methyl sites for hydroxylation is 2. The quantitative estimate of drug-likeness (QED) is 0.652. The van der Waals surface area contributed by atoms with Crippen LogP contribution < -0.4 is 5.43 Å². The summed E-state index contributed by atoms with van der Waals surface area (Å²) in [5, 5.41) is 13.5. The first-order chi connectivity index (χ1) is 11.7. The third kappa shape index (κ3) is 5.07. The highest BCUT2D eigenvalue weighted by Crippen LogP contribution is 2.29. The van der Waals surface area contributed by atoms with Gasteiger partial charge in [-0.3, -0.25) is 4.79 Å². The summed E-state index contributed by atoms with van der Waals surface area (Å²) >= 11 is 0. The fourth-order valence-corrected chi connectivity index (χ4v) is 2.33. The Bertz CT molecular complexity index is 791. The number of carbonyl (C=O) groups is 1. The van der Waals surface area contributed by atoms with Crippen molar-refractivity contribution >= 4 is 12.1 Å². The maximum Gasteiger partial charge on any atom is 0.416 e. The van der Waals surface area contributed by atoms with Gasteiger partial charge in [0.2, 0.25) is 5.91 Å². The van der Waals surface area contributed by atoms with E-state index in [4.69, 9.17) is 0 Å². The Labute approximate surface area is 143 Å². The van der Waals surface area contributed by atoms with Gasteiger partial charge in [0.05, 0.1) is 18.2 Å². The van der Waals surface area contributed by atoms with Gasteiger partial charge < -0.3 is 5.11 Å². The number of aromatic hydroxyl groups is 1. The monoisotopic (exact) mass is 350 g/mol. The largest absolute Gasteiger partial charge is 0.507 e. The van der Waals surface area contributed by atoms with E-state index in [2.05, 4.69) is 10.5 Å². The van der Waals surface area contributed by atoms with Gasteiger partial charge in [-0.15, -0.1) is 0 Å². The molecular formula is C18H17F3N2O2. The van der Waals surface area contributed by atoms with Crippen molar-refractivity contribution in [1.82, 2.24) is 5.43 Å². The van der Waals surface area contributed by atoms with Crippen LogP contribution in [0.25, 0.3) is 0 Å².